The van der Waals surface area contributed by atoms with Crippen LogP contribution in [-0.2, 0) is 9.53 Å². The Bertz CT molecular complexity index is 320. The van der Waals surface area contributed by atoms with E-state index in [1.54, 1.807) is 0 Å². The van der Waals surface area contributed by atoms with Crippen molar-refractivity contribution in [3.63, 3.8) is 0 Å². The Kier molecular flexibility index (Phi) is 6.77. The predicted molar refractivity (Wildman–Crippen MR) is 85.7 cm³/mol. The molecule has 0 radical (unpaired) electrons. The van der Waals surface area contributed by atoms with Crippen LogP contribution in [0.25, 0.3) is 0 Å². The molecule has 5 heteroatoms. The van der Waals surface area contributed by atoms with Crippen LogP contribution in [-0.4, -0.2) is 37.7 Å². The van der Waals surface area contributed by atoms with E-state index in [9.17, 15) is 4.79 Å². The van der Waals surface area contributed by atoms with Gasteiger partial charge >= 0.3 is 0 Å². The first-order valence-electron chi connectivity index (χ1n) is 8.44. The van der Waals surface area contributed by atoms with E-state index in [1.165, 1.54) is 25.7 Å². The predicted octanol–water partition coefficient (Wildman–Crippen LogP) is 2.26. The molecule has 3 fully saturated rings. The van der Waals surface area contributed by atoms with Gasteiger partial charge in [-0.15, -0.1) is 12.4 Å². The van der Waals surface area contributed by atoms with Crippen LogP contribution in [0.5, 0.6) is 0 Å². The van der Waals surface area contributed by atoms with Crippen LogP contribution in [0.15, 0.2) is 0 Å². The fourth-order valence-electron chi connectivity index (χ4n) is 4.08. The average Bonchev–Trinajstić information content (AvgIpc) is 2.92. The Morgan fingerprint density at radius 2 is 1.90 bits per heavy atom. The summed E-state index contributed by atoms with van der Waals surface area (Å²) in [5, 5.41) is 6.69. The molecule has 122 valence electrons. The van der Waals surface area contributed by atoms with E-state index >= 15 is 0 Å². The van der Waals surface area contributed by atoms with E-state index in [0.717, 1.165) is 57.3 Å². The normalized spacial score (nSPS) is 33.0. The van der Waals surface area contributed by atoms with Gasteiger partial charge in [-0.05, 0) is 50.4 Å². The number of ether oxygens (including phenoxy) is 1. The number of rotatable bonds is 4. The zero-order chi connectivity index (χ0) is 13.8. The summed E-state index contributed by atoms with van der Waals surface area (Å²) in [5.74, 6) is 1.71. The van der Waals surface area contributed by atoms with Crippen molar-refractivity contribution in [2.45, 2.75) is 63.5 Å². The van der Waals surface area contributed by atoms with Crippen LogP contribution >= 0.6 is 12.4 Å². The van der Waals surface area contributed by atoms with Gasteiger partial charge in [0, 0.05) is 25.8 Å². The van der Waals surface area contributed by atoms with Gasteiger partial charge in [-0.2, -0.15) is 0 Å². The standard InChI is InChI=1S/C16H28N2O2.ClH/c19-16(17-8-5-12-6-9-20-10-7-12)15-11-13-3-1-2-4-14(13)18-15;/h12-15,18H,1-11H2,(H,17,19);1H. The van der Waals surface area contributed by atoms with Crippen LogP contribution in [0.2, 0.25) is 0 Å². The molecular formula is C16H29ClN2O2. The zero-order valence-electron chi connectivity index (χ0n) is 12.8. The van der Waals surface area contributed by atoms with Gasteiger partial charge in [-0.1, -0.05) is 12.8 Å². The molecule has 0 aromatic carbocycles. The second-order valence-corrected chi connectivity index (χ2v) is 6.74. The molecule has 3 aliphatic rings. The lowest BCUT2D eigenvalue weighted by atomic mass is 9.85. The van der Waals surface area contributed by atoms with Crippen molar-refractivity contribution in [3.8, 4) is 0 Å². The van der Waals surface area contributed by atoms with Gasteiger partial charge in [0.05, 0.1) is 6.04 Å². The minimum atomic E-state index is 0. The summed E-state index contributed by atoms with van der Waals surface area (Å²) in [6.07, 6.45) is 9.71. The summed E-state index contributed by atoms with van der Waals surface area (Å²) in [5.41, 5.74) is 0. The third-order valence-electron chi connectivity index (χ3n) is 5.37. The topological polar surface area (TPSA) is 50.4 Å². The molecule has 1 amide bonds. The van der Waals surface area contributed by atoms with Gasteiger partial charge in [0.2, 0.25) is 5.91 Å². The second kappa shape index (κ2) is 8.35. The van der Waals surface area contributed by atoms with Gasteiger partial charge < -0.3 is 15.4 Å². The number of fused-ring (bicyclic) bond motifs is 1. The van der Waals surface area contributed by atoms with Gasteiger partial charge in [-0.25, -0.2) is 0 Å². The molecule has 3 rings (SSSR count). The molecule has 2 N–H and O–H groups in total. The van der Waals surface area contributed by atoms with E-state index in [-0.39, 0.29) is 24.4 Å². The van der Waals surface area contributed by atoms with Crippen molar-refractivity contribution in [3.05, 3.63) is 0 Å². The van der Waals surface area contributed by atoms with Crippen molar-refractivity contribution in [1.29, 1.82) is 0 Å². The lowest BCUT2D eigenvalue weighted by Gasteiger charge is -2.24. The van der Waals surface area contributed by atoms with Gasteiger partial charge in [-0.3, -0.25) is 4.79 Å². The summed E-state index contributed by atoms with van der Waals surface area (Å²) in [7, 11) is 0. The fourth-order valence-corrected chi connectivity index (χ4v) is 4.08. The molecule has 2 aliphatic heterocycles. The minimum absolute atomic E-state index is 0. The maximum Gasteiger partial charge on any atom is 0.237 e. The Morgan fingerprint density at radius 1 is 1.14 bits per heavy atom. The number of nitrogens with one attached hydrogen (secondary N) is 2. The molecule has 1 aliphatic carbocycles. The van der Waals surface area contributed by atoms with E-state index in [0.29, 0.717) is 6.04 Å². The average molecular weight is 317 g/mol. The SMILES string of the molecule is Cl.O=C(NCCC1CCOCC1)C1CC2CCCCC2N1. The van der Waals surface area contributed by atoms with Crippen molar-refractivity contribution in [2.24, 2.45) is 11.8 Å². The molecular weight excluding hydrogens is 288 g/mol. The summed E-state index contributed by atoms with van der Waals surface area (Å²) in [6, 6.07) is 0.674. The largest absolute Gasteiger partial charge is 0.381 e. The zero-order valence-corrected chi connectivity index (χ0v) is 13.6. The summed E-state index contributed by atoms with van der Waals surface area (Å²) in [6.45, 7) is 2.62. The molecule has 21 heavy (non-hydrogen) atoms. The lowest BCUT2D eigenvalue weighted by Crippen LogP contribution is -2.43. The number of amides is 1. The molecule has 0 aromatic rings. The Labute approximate surface area is 134 Å². The van der Waals surface area contributed by atoms with Gasteiger partial charge in [0.15, 0.2) is 0 Å². The number of carbonyl (C=O) groups is 1. The van der Waals surface area contributed by atoms with Gasteiger partial charge in [0.1, 0.15) is 0 Å². The molecule has 0 spiro atoms. The molecule has 2 heterocycles. The summed E-state index contributed by atoms with van der Waals surface area (Å²) >= 11 is 0. The van der Waals surface area contributed by atoms with Crippen LogP contribution in [0.1, 0.15) is 51.4 Å². The van der Waals surface area contributed by atoms with E-state index in [4.69, 9.17) is 4.74 Å². The van der Waals surface area contributed by atoms with Crippen LogP contribution in [0.4, 0.5) is 0 Å². The first-order valence-corrected chi connectivity index (χ1v) is 8.44. The monoisotopic (exact) mass is 316 g/mol. The Balaban J connectivity index is 0.00000161. The van der Waals surface area contributed by atoms with E-state index in [2.05, 4.69) is 10.6 Å². The first kappa shape index (κ1) is 17.0. The minimum Gasteiger partial charge on any atom is -0.381 e. The highest BCUT2D eigenvalue weighted by molar-refractivity contribution is 5.85. The highest BCUT2D eigenvalue weighted by Gasteiger charge is 2.37. The van der Waals surface area contributed by atoms with Crippen molar-refractivity contribution in [2.75, 3.05) is 19.8 Å². The molecule has 4 nitrogen and oxygen atoms in total. The maximum absolute atomic E-state index is 12.2. The molecule has 3 atom stereocenters. The van der Waals surface area contributed by atoms with Crippen LogP contribution < -0.4 is 10.6 Å². The number of halogens is 1. The third kappa shape index (κ3) is 4.57. The van der Waals surface area contributed by atoms with E-state index < -0.39 is 0 Å². The summed E-state index contributed by atoms with van der Waals surface area (Å²) in [4.78, 5) is 12.2. The highest BCUT2D eigenvalue weighted by Crippen LogP contribution is 2.33. The first-order chi connectivity index (χ1) is 9.83. The molecule has 0 aromatic heterocycles. The highest BCUT2D eigenvalue weighted by atomic mass is 35.5. The van der Waals surface area contributed by atoms with Crippen LogP contribution in [0, 0.1) is 11.8 Å². The number of hydrogen-bond donors (Lipinski definition) is 2. The van der Waals surface area contributed by atoms with Gasteiger partial charge in [0.25, 0.3) is 0 Å². The smallest absolute Gasteiger partial charge is 0.237 e. The van der Waals surface area contributed by atoms with Crippen LogP contribution in [0.3, 0.4) is 0 Å². The third-order valence-corrected chi connectivity index (χ3v) is 5.37. The Hall–Kier alpha value is -0.320. The molecule has 2 saturated heterocycles. The van der Waals surface area contributed by atoms with Crippen molar-refractivity contribution in [1.82, 2.24) is 10.6 Å². The number of hydrogen-bond acceptors (Lipinski definition) is 3. The molecule has 0 bridgehead atoms. The molecule has 1 saturated carbocycles. The van der Waals surface area contributed by atoms with E-state index in [1.807, 2.05) is 0 Å². The van der Waals surface area contributed by atoms with Crippen molar-refractivity contribution >= 4 is 18.3 Å². The number of carbonyl (C=O) groups excluding carboxylic acids is 1. The maximum atomic E-state index is 12.2. The quantitative estimate of drug-likeness (QED) is 0.836. The fraction of sp³-hybridized carbons (Fsp3) is 0.938. The summed E-state index contributed by atoms with van der Waals surface area (Å²) < 4.78 is 5.37. The molecule has 3 unspecified atom stereocenters. The lowest BCUT2D eigenvalue weighted by molar-refractivity contribution is -0.122. The van der Waals surface area contributed by atoms with Crippen molar-refractivity contribution < 1.29 is 9.53 Å². The Morgan fingerprint density at radius 3 is 2.67 bits per heavy atom. The second-order valence-electron chi connectivity index (χ2n) is 6.74.